The van der Waals surface area contributed by atoms with E-state index in [2.05, 4.69) is 5.32 Å². The predicted octanol–water partition coefficient (Wildman–Crippen LogP) is 3.95. The molecule has 1 atom stereocenters. The van der Waals surface area contributed by atoms with Gasteiger partial charge in [0.1, 0.15) is 13.2 Å². The van der Waals surface area contributed by atoms with Crippen molar-refractivity contribution in [3.63, 3.8) is 0 Å². The highest BCUT2D eigenvalue weighted by Crippen LogP contribution is 2.31. The van der Waals surface area contributed by atoms with E-state index in [1.165, 1.54) is 13.0 Å². The van der Waals surface area contributed by atoms with Crippen molar-refractivity contribution in [2.24, 2.45) is 0 Å². The molecule has 0 fully saturated rings. The highest BCUT2D eigenvalue weighted by atomic mass is 35.5. The Bertz CT molecular complexity index is 855. The Labute approximate surface area is 159 Å². The summed E-state index contributed by atoms with van der Waals surface area (Å²) in [7, 11) is 0. The lowest BCUT2D eigenvalue weighted by Crippen LogP contribution is -2.30. The van der Waals surface area contributed by atoms with Crippen LogP contribution < -0.4 is 14.8 Å². The Morgan fingerprint density at radius 2 is 1.85 bits per heavy atom. The Morgan fingerprint density at radius 1 is 1.12 bits per heavy atom. The molecule has 0 saturated carbocycles. The van der Waals surface area contributed by atoms with E-state index >= 15 is 0 Å². The number of ether oxygens (including phenoxy) is 3. The van der Waals surface area contributed by atoms with Crippen LogP contribution in [0.2, 0.25) is 10.0 Å². The summed E-state index contributed by atoms with van der Waals surface area (Å²) in [6, 6.07) is 9.55. The summed E-state index contributed by atoms with van der Waals surface area (Å²) >= 11 is 11.9. The maximum Gasteiger partial charge on any atom is 0.339 e. The zero-order valence-electron chi connectivity index (χ0n) is 13.8. The van der Waals surface area contributed by atoms with Crippen LogP contribution >= 0.6 is 23.2 Å². The Kier molecular flexibility index (Phi) is 5.54. The average molecular weight is 396 g/mol. The van der Waals surface area contributed by atoms with Crippen LogP contribution in [0.25, 0.3) is 0 Å². The molecular formula is C18H15Cl2NO5. The highest BCUT2D eigenvalue weighted by molar-refractivity contribution is 6.44. The predicted molar refractivity (Wildman–Crippen MR) is 97.4 cm³/mol. The fourth-order valence-electron chi connectivity index (χ4n) is 2.29. The quantitative estimate of drug-likeness (QED) is 0.793. The maximum atomic E-state index is 12.3. The number of esters is 1. The number of halogens is 2. The smallest absolute Gasteiger partial charge is 0.339 e. The number of anilines is 1. The molecular weight excluding hydrogens is 381 g/mol. The molecule has 0 saturated heterocycles. The number of carbonyl (C=O) groups excluding carboxylic acids is 2. The number of hydrogen-bond donors (Lipinski definition) is 1. The maximum absolute atomic E-state index is 12.3. The second-order valence-corrected chi connectivity index (χ2v) is 6.28. The van der Waals surface area contributed by atoms with E-state index < -0.39 is 18.0 Å². The van der Waals surface area contributed by atoms with Crippen molar-refractivity contribution in [1.29, 1.82) is 0 Å². The van der Waals surface area contributed by atoms with E-state index in [1.54, 1.807) is 30.3 Å². The summed E-state index contributed by atoms with van der Waals surface area (Å²) in [5.74, 6) is -0.149. The molecule has 1 heterocycles. The first kappa shape index (κ1) is 18.4. The van der Waals surface area contributed by atoms with E-state index in [0.717, 1.165) is 0 Å². The van der Waals surface area contributed by atoms with E-state index in [9.17, 15) is 9.59 Å². The van der Waals surface area contributed by atoms with Gasteiger partial charge in [0.05, 0.1) is 21.3 Å². The first-order valence-corrected chi connectivity index (χ1v) is 8.57. The van der Waals surface area contributed by atoms with Crippen LogP contribution in [0.1, 0.15) is 17.3 Å². The monoisotopic (exact) mass is 395 g/mol. The van der Waals surface area contributed by atoms with Crippen molar-refractivity contribution in [2.75, 3.05) is 18.5 Å². The molecule has 1 aliphatic heterocycles. The number of nitrogens with one attached hydrogen (secondary N) is 1. The standard InChI is InChI=1S/C18H15Cl2NO5/c1-10(17(22)21-13-4-2-3-12(19)16(13)20)26-18(23)11-5-6-14-15(9-11)25-8-7-24-14/h2-6,9-10H,7-8H2,1H3,(H,21,22)/t10-/m0/s1. The first-order valence-electron chi connectivity index (χ1n) is 7.81. The summed E-state index contributed by atoms with van der Waals surface area (Å²) in [5, 5.41) is 3.11. The highest BCUT2D eigenvalue weighted by Gasteiger charge is 2.22. The summed E-state index contributed by atoms with van der Waals surface area (Å²) in [6.45, 7) is 2.33. The zero-order chi connectivity index (χ0) is 18.7. The third-order valence-corrected chi connectivity index (χ3v) is 4.46. The topological polar surface area (TPSA) is 73.9 Å². The van der Waals surface area contributed by atoms with Crippen LogP contribution in [0, 0.1) is 0 Å². The van der Waals surface area contributed by atoms with Gasteiger partial charge in [0.15, 0.2) is 17.6 Å². The van der Waals surface area contributed by atoms with Gasteiger partial charge in [0.2, 0.25) is 0 Å². The minimum absolute atomic E-state index is 0.216. The second-order valence-electron chi connectivity index (χ2n) is 5.50. The van der Waals surface area contributed by atoms with Crippen molar-refractivity contribution in [1.82, 2.24) is 0 Å². The molecule has 26 heavy (non-hydrogen) atoms. The van der Waals surface area contributed by atoms with Gasteiger partial charge >= 0.3 is 5.97 Å². The Balaban J connectivity index is 1.65. The summed E-state index contributed by atoms with van der Waals surface area (Å²) in [5.41, 5.74) is 0.598. The zero-order valence-corrected chi connectivity index (χ0v) is 15.3. The van der Waals surface area contributed by atoms with Gasteiger partial charge in [-0.1, -0.05) is 29.3 Å². The summed E-state index contributed by atoms with van der Waals surface area (Å²) in [4.78, 5) is 24.5. The van der Waals surface area contributed by atoms with Crippen molar-refractivity contribution < 1.29 is 23.8 Å². The molecule has 0 radical (unpaired) electrons. The molecule has 6 nitrogen and oxygen atoms in total. The number of amides is 1. The molecule has 2 aromatic carbocycles. The lowest BCUT2D eigenvalue weighted by Gasteiger charge is -2.19. The van der Waals surface area contributed by atoms with Gasteiger partial charge in [0.25, 0.3) is 5.91 Å². The van der Waals surface area contributed by atoms with Gasteiger partial charge in [-0.25, -0.2) is 4.79 Å². The van der Waals surface area contributed by atoms with E-state index in [4.69, 9.17) is 37.4 Å². The number of benzene rings is 2. The van der Waals surface area contributed by atoms with Gasteiger partial charge in [-0.3, -0.25) is 4.79 Å². The first-order chi connectivity index (χ1) is 12.5. The Morgan fingerprint density at radius 3 is 2.62 bits per heavy atom. The fraction of sp³-hybridized carbons (Fsp3) is 0.222. The van der Waals surface area contributed by atoms with E-state index in [-0.39, 0.29) is 10.6 Å². The molecule has 0 unspecified atom stereocenters. The van der Waals surface area contributed by atoms with Crippen molar-refractivity contribution in [2.45, 2.75) is 13.0 Å². The molecule has 3 rings (SSSR count). The molecule has 136 valence electrons. The van der Waals surface area contributed by atoms with Crippen molar-refractivity contribution in [3.05, 3.63) is 52.0 Å². The van der Waals surface area contributed by atoms with Gasteiger partial charge < -0.3 is 19.5 Å². The normalized spacial score (nSPS) is 13.7. The third kappa shape index (κ3) is 4.03. The van der Waals surface area contributed by atoms with Crippen LogP contribution in [-0.4, -0.2) is 31.2 Å². The third-order valence-electron chi connectivity index (χ3n) is 3.64. The van der Waals surface area contributed by atoms with Crippen molar-refractivity contribution >= 4 is 40.8 Å². The molecule has 2 aromatic rings. The lowest BCUT2D eigenvalue weighted by atomic mass is 10.2. The summed E-state index contributed by atoms with van der Waals surface area (Å²) < 4.78 is 16.0. The van der Waals surface area contributed by atoms with Gasteiger partial charge in [0, 0.05) is 0 Å². The van der Waals surface area contributed by atoms with Gasteiger partial charge in [-0.2, -0.15) is 0 Å². The number of hydrogen-bond acceptors (Lipinski definition) is 5. The molecule has 0 spiro atoms. The molecule has 0 bridgehead atoms. The van der Waals surface area contributed by atoms with Crippen LogP contribution in [0.4, 0.5) is 5.69 Å². The van der Waals surface area contributed by atoms with Gasteiger partial charge in [-0.05, 0) is 37.3 Å². The van der Waals surface area contributed by atoms with Gasteiger partial charge in [-0.15, -0.1) is 0 Å². The molecule has 0 aromatic heterocycles. The SMILES string of the molecule is C[C@H](OC(=O)c1ccc2c(c1)OCCO2)C(=O)Nc1cccc(Cl)c1Cl. The largest absolute Gasteiger partial charge is 0.486 e. The van der Waals surface area contributed by atoms with Crippen LogP contribution in [0.3, 0.4) is 0 Å². The molecule has 1 N–H and O–H groups in total. The van der Waals surface area contributed by atoms with Crippen LogP contribution in [0.15, 0.2) is 36.4 Å². The molecule has 1 amide bonds. The number of fused-ring (bicyclic) bond motifs is 1. The summed E-state index contributed by atoms with van der Waals surface area (Å²) in [6.07, 6.45) is -1.04. The fourth-order valence-corrected chi connectivity index (χ4v) is 2.63. The Hall–Kier alpha value is -2.44. The number of carbonyl (C=O) groups is 2. The minimum Gasteiger partial charge on any atom is -0.486 e. The van der Waals surface area contributed by atoms with Crippen LogP contribution in [0.5, 0.6) is 11.5 Å². The van der Waals surface area contributed by atoms with Crippen LogP contribution in [-0.2, 0) is 9.53 Å². The van der Waals surface area contributed by atoms with Crippen molar-refractivity contribution in [3.8, 4) is 11.5 Å². The minimum atomic E-state index is -1.04. The number of rotatable bonds is 4. The van der Waals surface area contributed by atoms with E-state index in [0.29, 0.717) is 35.4 Å². The van der Waals surface area contributed by atoms with E-state index in [1.807, 2.05) is 0 Å². The molecule has 8 heteroatoms. The molecule has 0 aliphatic carbocycles. The lowest BCUT2D eigenvalue weighted by molar-refractivity contribution is -0.123. The molecule has 1 aliphatic rings. The second kappa shape index (κ2) is 7.85. The average Bonchev–Trinajstić information content (AvgIpc) is 2.64.